The van der Waals surface area contributed by atoms with Crippen LogP contribution in [-0.4, -0.2) is 24.5 Å². The smallest absolute Gasteiger partial charge is 0.249 e. The van der Waals surface area contributed by atoms with E-state index in [1.807, 2.05) is 12.1 Å². The first kappa shape index (κ1) is 16.5. The molecule has 7 nitrogen and oxygen atoms in total. The van der Waals surface area contributed by atoms with Crippen LogP contribution >= 0.6 is 11.5 Å². The minimum absolute atomic E-state index is 0.129. The van der Waals surface area contributed by atoms with Crippen molar-refractivity contribution in [2.75, 3.05) is 5.32 Å². The zero-order valence-electron chi connectivity index (χ0n) is 14.1. The molecule has 1 unspecified atom stereocenters. The van der Waals surface area contributed by atoms with Gasteiger partial charge in [0.25, 0.3) is 0 Å². The molecule has 3 heterocycles. The van der Waals surface area contributed by atoms with Gasteiger partial charge in [0, 0.05) is 35.4 Å². The minimum Gasteiger partial charge on any atom is -0.348 e. The molecular formula is C16H20N6OS. The van der Waals surface area contributed by atoms with Crippen molar-refractivity contribution in [1.29, 1.82) is 0 Å². The first-order valence-corrected chi connectivity index (χ1v) is 8.66. The number of pyridine rings is 1. The maximum Gasteiger partial charge on any atom is 0.249 e. The molecule has 0 spiro atoms. The Balaban J connectivity index is 1.82. The SMILES string of the molecule is CC(C)c1nsc(NC(c2nc(-c3cccnc3)no2)C(C)C)n1. The van der Waals surface area contributed by atoms with E-state index in [1.165, 1.54) is 11.5 Å². The van der Waals surface area contributed by atoms with Gasteiger partial charge in [0.1, 0.15) is 11.9 Å². The summed E-state index contributed by atoms with van der Waals surface area (Å²) in [5, 5.41) is 8.20. The van der Waals surface area contributed by atoms with Crippen LogP contribution in [0.15, 0.2) is 29.0 Å². The number of nitrogens with one attached hydrogen (secondary N) is 1. The summed E-state index contributed by atoms with van der Waals surface area (Å²) in [5.74, 6) is 2.45. The van der Waals surface area contributed by atoms with Crippen LogP contribution in [0.1, 0.15) is 51.4 Å². The Hall–Kier alpha value is -2.35. The molecule has 1 N–H and O–H groups in total. The maximum atomic E-state index is 5.47. The lowest BCUT2D eigenvalue weighted by molar-refractivity contribution is 0.336. The second kappa shape index (κ2) is 7.04. The van der Waals surface area contributed by atoms with Gasteiger partial charge in [0.05, 0.1) is 0 Å². The van der Waals surface area contributed by atoms with E-state index >= 15 is 0 Å². The van der Waals surface area contributed by atoms with Crippen molar-refractivity contribution in [3.63, 3.8) is 0 Å². The summed E-state index contributed by atoms with van der Waals surface area (Å²) in [5.41, 5.74) is 0.827. The Kier molecular flexibility index (Phi) is 4.84. The van der Waals surface area contributed by atoms with E-state index in [1.54, 1.807) is 12.4 Å². The molecule has 126 valence electrons. The fraction of sp³-hybridized carbons (Fsp3) is 0.438. The van der Waals surface area contributed by atoms with E-state index in [0.29, 0.717) is 17.6 Å². The van der Waals surface area contributed by atoms with Gasteiger partial charge < -0.3 is 9.84 Å². The highest BCUT2D eigenvalue weighted by Crippen LogP contribution is 2.28. The van der Waals surface area contributed by atoms with Crippen molar-refractivity contribution in [2.45, 2.75) is 39.7 Å². The molecule has 3 rings (SSSR count). The predicted octanol–water partition coefficient (Wildman–Crippen LogP) is 3.92. The molecular weight excluding hydrogens is 324 g/mol. The summed E-state index contributed by atoms with van der Waals surface area (Å²) in [6.07, 6.45) is 3.43. The second-order valence-electron chi connectivity index (χ2n) is 6.18. The molecule has 1 atom stereocenters. The Labute approximate surface area is 144 Å². The highest BCUT2D eigenvalue weighted by molar-refractivity contribution is 7.09. The third-order valence-electron chi connectivity index (χ3n) is 3.53. The van der Waals surface area contributed by atoms with Crippen LogP contribution < -0.4 is 5.32 Å². The van der Waals surface area contributed by atoms with Gasteiger partial charge in [0.15, 0.2) is 0 Å². The average Bonchev–Trinajstić information content (AvgIpc) is 3.23. The highest BCUT2D eigenvalue weighted by atomic mass is 32.1. The molecule has 0 radical (unpaired) electrons. The summed E-state index contributed by atoms with van der Waals surface area (Å²) in [4.78, 5) is 13.1. The van der Waals surface area contributed by atoms with Gasteiger partial charge >= 0.3 is 0 Å². The Bertz CT molecular complexity index is 783. The zero-order valence-corrected chi connectivity index (χ0v) is 14.9. The zero-order chi connectivity index (χ0) is 17.1. The molecule has 0 fully saturated rings. The number of hydrogen-bond acceptors (Lipinski definition) is 8. The van der Waals surface area contributed by atoms with Crippen molar-refractivity contribution >= 4 is 16.7 Å². The highest BCUT2D eigenvalue weighted by Gasteiger charge is 2.24. The summed E-state index contributed by atoms with van der Waals surface area (Å²) < 4.78 is 9.84. The van der Waals surface area contributed by atoms with E-state index in [0.717, 1.165) is 16.5 Å². The number of aromatic nitrogens is 5. The van der Waals surface area contributed by atoms with Gasteiger partial charge in [-0.05, 0) is 18.1 Å². The molecule has 0 aliphatic heterocycles. The van der Waals surface area contributed by atoms with Crippen LogP contribution in [0.4, 0.5) is 5.13 Å². The molecule has 0 saturated heterocycles. The Morgan fingerprint density at radius 3 is 2.62 bits per heavy atom. The molecule has 0 amide bonds. The third-order valence-corrected chi connectivity index (χ3v) is 4.19. The number of nitrogens with zero attached hydrogens (tertiary/aromatic N) is 5. The summed E-state index contributed by atoms with van der Waals surface area (Å²) in [7, 11) is 0. The van der Waals surface area contributed by atoms with Crippen molar-refractivity contribution < 1.29 is 4.52 Å². The molecule has 24 heavy (non-hydrogen) atoms. The quantitative estimate of drug-likeness (QED) is 0.725. The molecule has 0 saturated carbocycles. The average molecular weight is 344 g/mol. The molecule has 0 aliphatic carbocycles. The molecule has 8 heteroatoms. The lowest BCUT2D eigenvalue weighted by atomic mass is 10.0. The first-order valence-electron chi connectivity index (χ1n) is 7.88. The van der Waals surface area contributed by atoms with Crippen LogP contribution in [-0.2, 0) is 0 Å². The van der Waals surface area contributed by atoms with Crippen LogP contribution in [0.2, 0.25) is 0 Å². The third kappa shape index (κ3) is 3.59. The molecule has 0 aliphatic rings. The Morgan fingerprint density at radius 1 is 1.17 bits per heavy atom. The largest absolute Gasteiger partial charge is 0.348 e. The maximum absolute atomic E-state index is 5.47. The van der Waals surface area contributed by atoms with E-state index in [9.17, 15) is 0 Å². The van der Waals surface area contributed by atoms with Crippen molar-refractivity contribution in [1.82, 2.24) is 24.5 Å². The Morgan fingerprint density at radius 2 is 2.00 bits per heavy atom. The molecule has 0 bridgehead atoms. The topological polar surface area (TPSA) is 89.6 Å². The van der Waals surface area contributed by atoms with Gasteiger partial charge in [-0.3, -0.25) is 4.98 Å². The van der Waals surface area contributed by atoms with Gasteiger partial charge in [0.2, 0.25) is 16.8 Å². The van der Waals surface area contributed by atoms with Gasteiger partial charge in [-0.2, -0.15) is 9.36 Å². The van der Waals surface area contributed by atoms with Gasteiger partial charge in [-0.1, -0.05) is 32.9 Å². The normalized spacial score (nSPS) is 12.8. The molecule has 3 aromatic heterocycles. The monoisotopic (exact) mass is 344 g/mol. The minimum atomic E-state index is -0.129. The lowest BCUT2D eigenvalue weighted by Gasteiger charge is -2.17. The van der Waals surface area contributed by atoms with Crippen molar-refractivity contribution in [2.24, 2.45) is 5.92 Å². The second-order valence-corrected chi connectivity index (χ2v) is 6.93. The van der Waals surface area contributed by atoms with Gasteiger partial charge in [-0.25, -0.2) is 4.98 Å². The van der Waals surface area contributed by atoms with E-state index in [4.69, 9.17) is 4.52 Å². The fourth-order valence-electron chi connectivity index (χ4n) is 2.15. The van der Waals surface area contributed by atoms with E-state index in [2.05, 4.69) is 57.5 Å². The van der Waals surface area contributed by atoms with Crippen LogP contribution in [0, 0.1) is 5.92 Å². The van der Waals surface area contributed by atoms with E-state index < -0.39 is 0 Å². The van der Waals surface area contributed by atoms with Gasteiger partial charge in [-0.15, -0.1) is 0 Å². The van der Waals surface area contributed by atoms with Crippen LogP contribution in [0.5, 0.6) is 0 Å². The first-order chi connectivity index (χ1) is 11.5. The van der Waals surface area contributed by atoms with Crippen molar-refractivity contribution in [3.05, 3.63) is 36.2 Å². The molecule has 0 aromatic carbocycles. The standard InChI is InChI=1S/C16H20N6OS/c1-9(2)12(18-16-20-13(10(3)4)22-24-16)15-19-14(21-23-15)11-6-5-7-17-8-11/h5-10,12H,1-4H3,(H,18,20,22). The predicted molar refractivity (Wildman–Crippen MR) is 92.7 cm³/mol. The number of hydrogen-bond donors (Lipinski definition) is 1. The molecule has 3 aromatic rings. The summed E-state index contributed by atoms with van der Waals surface area (Å²) >= 11 is 1.35. The van der Waals surface area contributed by atoms with E-state index in [-0.39, 0.29) is 12.0 Å². The van der Waals surface area contributed by atoms with Crippen LogP contribution in [0.25, 0.3) is 11.4 Å². The van der Waals surface area contributed by atoms with Crippen molar-refractivity contribution in [3.8, 4) is 11.4 Å². The summed E-state index contributed by atoms with van der Waals surface area (Å²) in [6.45, 7) is 8.33. The fourth-order valence-corrected chi connectivity index (χ4v) is 2.89. The lowest BCUT2D eigenvalue weighted by Crippen LogP contribution is -2.17. The number of anilines is 1. The number of rotatable bonds is 6. The summed E-state index contributed by atoms with van der Waals surface area (Å²) in [6, 6.07) is 3.62. The van der Waals surface area contributed by atoms with Crippen LogP contribution in [0.3, 0.4) is 0 Å².